The Morgan fingerprint density at radius 2 is 1.29 bits per heavy atom. The molecule has 0 aromatic heterocycles. The SMILES string of the molecule is O=C(C=Cc1c(Cl)cccc1Cl)c1ccc(-c2ccccc2)cc1. The van der Waals surface area contributed by atoms with E-state index in [1.54, 1.807) is 24.3 Å². The first kappa shape index (κ1) is 16.5. The number of hydrogen-bond acceptors (Lipinski definition) is 1. The molecule has 0 saturated heterocycles. The molecule has 0 radical (unpaired) electrons. The van der Waals surface area contributed by atoms with Gasteiger partial charge in [0, 0.05) is 21.2 Å². The number of hydrogen-bond donors (Lipinski definition) is 0. The Bertz CT molecular complexity index is 861. The Kier molecular flexibility index (Phi) is 5.14. The number of halogens is 2. The fourth-order valence-electron chi connectivity index (χ4n) is 2.38. The van der Waals surface area contributed by atoms with Crippen LogP contribution < -0.4 is 0 Å². The van der Waals surface area contributed by atoms with Crippen LogP contribution in [0.4, 0.5) is 0 Å². The molecule has 0 aliphatic carbocycles. The van der Waals surface area contributed by atoms with Gasteiger partial charge >= 0.3 is 0 Å². The van der Waals surface area contributed by atoms with Crippen molar-refractivity contribution in [2.75, 3.05) is 0 Å². The average molecular weight is 353 g/mol. The summed E-state index contributed by atoms with van der Waals surface area (Å²) in [5.41, 5.74) is 3.46. The van der Waals surface area contributed by atoms with Gasteiger partial charge in [0.15, 0.2) is 5.78 Å². The predicted octanol–water partition coefficient (Wildman–Crippen LogP) is 6.56. The quantitative estimate of drug-likeness (QED) is 0.384. The van der Waals surface area contributed by atoms with E-state index >= 15 is 0 Å². The molecule has 3 rings (SSSR count). The molecule has 3 aromatic rings. The molecule has 0 atom stereocenters. The molecule has 0 spiro atoms. The zero-order valence-electron chi connectivity index (χ0n) is 12.7. The molecule has 0 fully saturated rings. The first-order chi connectivity index (χ1) is 11.6. The summed E-state index contributed by atoms with van der Waals surface area (Å²) < 4.78 is 0. The molecule has 0 unspecified atom stereocenters. The first-order valence-electron chi connectivity index (χ1n) is 7.47. The summed E-state index contributed by atoms with van der Waals surface area (Å²) in [6.45, 7) is 0. The fourth-order valence-corrected chi connectivity index (χ4v) is 2.91. The van der Waals surface area contributed by atoms with E-state index in [1.807, 2.05) is 54.6 Å². The summed E-state index contributed by atoms with van der Waals surface area (Å²) in [5, 5.41) is 1.04. The molecule has 0 aliphatic heterocycles. The van der Waals surface area contributed by atoms with Crippen molar-refractivity contribution in [3.8, 4) is 11.1 Å². The Hall–Kier alpha value is -2.35. The number of carbonyl (C=O) groups is 1. The van der Waals surface area contributed by atoms with Gasteiger partial charge in [0.05, 0.1) is 0 Å². The summed E-state index contributed by atoms with van der Waals surface area (Å²) in [4.78, 5) is 12.3. The van der Waals surface area contributed by atoms with Gasteiger partial charge in [0.1, 0.15) is 0 Å². The van der Waals surface area contributed by atoms with Crippen molar-refractivity contribution in [2.24, 2.45) is 0 Å². The van der Waals surface area contributed by atoms with Crippen molar-refractivity contribution in [1.82, 2.24) is 0 Å². The zero-order valence-corrected chi connectivity index (χ0v) is 14.3. The van der Waals surface area contributed by atoms with Crippen molar-refractivity contribution >= 4 is 35.1 Å². The third kappa shape index (κ3) is 3.76. The van der Waals surface area contributed by atoms with E-state index in [1.165, 1.54) is 6.08 Å². The van der Waals surface area contributed by atoms with Gasteiger partial charge in [-0.15, -0.1) is 0 Å². The topological polar surface area (TPSA) is 17.1 Å². The highest BCUT2D eigenvalue weighted by Gasteiger charge is 2.05. The van der Waals surface area contributed by atoms with Crippen molar-refractivity contribution in [3.63, 3.8) is 0 Å². The number of benzene rings is 3. The van der Waals surface area contributed by atoms with Gasteiger partial charge in [-0.3, -0.25) is 4.79 Å². The van der Waals surface area contributed by atoms with Crippen LogP contribution in [0.5, 0.6) is 0 Å². The lowest BCUT2D eigenvalue weighted by Crippen LogP contribution is -1.94. The highest BCUT2D eigenvalue weighted by Crippen LogP contribution is 2.26. The highest BCUT2D eigenvalue weighted by molar-refractivity contribution is 6.37. The fraction of sp³-hybridized carbons (Fsp3) is 0. The van der Waals surface area contributed by atoms with E-state index in [4.69, 9.17) is 23.2 Å². The van der Waals surface area contributed by atoms with Gasteiger partial charge in [0.25, 0.3) is 0 Å². The zero-order chi connectivity index (χ0) is 16.9. The summed E-state index contributed by atoms with van der Waals surface area (Å²) in [6.07, 6.45) is 3.14. The van der Waals surface area contributed by atoms with Crippen LogP contribution >= 0.6 is 23.2 Å². The van der Waals surface area contributed by atoms with Crippen molar-refractivity contribution in [2.45, 2.75) is 0 Å². The molecule has 3 aromatic carbocycles. The van der Waals surface area contributed by atoms with E-state index in [0.717, 1.165) is 11.1 Å². The first-order valence-corrected chi connectivity index (χ1v) is 8.22. The second-order valence-electron chi connectivity index (χ2n) is 5.28. The minimum Gasteiger partial charge on any atom is -0.289 e. The van der Waals surface area contributed by atoms with Crippen LogP contribution in [-0.4, -0.2) is 5.78 Å². The van der Waals surface area contributed by atoms with Crippen LogP contribution in [0.2, 0.25) is 10.0 Å². The van der Waals surface area contributed by atoms with Gasteiger partial charge in [-0.25, -0.2) is 0 Å². The third-order valence-corrected chi connectivity index (χ3v) is 4.34. The number of carbonyl (C=O) groups excluding carboxylic acids is 1. The molecule has 0 heterocycles. The molecular formula is C21H14Cl2O. The molecule has 0 amide bonds. The summed E-state index contributed by atoms with van der Waals surface area (Å²) >= 11 is 12.2. The van der Waals surface area contributed by atoms with Gasteiger partial charge in [-0.05, 0) is 35.4 Å². The average Bonchev–Trinajstić information content (AvgIpc) is 2.62. The van der Waals surface area contributed by atoms with E-state index in [2.05, 4.69) is 0 Å². The molecule has 1 nitrogen and oxygen atoms in total. The summed E-state index contributed by atoms with van der Waals surface area (Å²) in [5.74, 6) is -0.0920. The predicted molar refractivity (Wildman–Crippen MR) is 102 cm³/mol. The van der Waals surface area contributed by atoms with Crippen LogP contribution in [0.1, 0.15) is 15.9 Å². The molecule has 0 saturated carbocycles. The molecular weight excluding hydrogens is 339 g/mol. The second-order valence-corrected chi connectivity index (χ2v) is 6.09. The van der Waals surface area contributed by atoms with Gasteiger partial charge in [0.2, 0.25) is 0 Å². The second kappa shape index (κ2) is 7.48. The van der Waals surface area contributed by atoms with Gasteiger partial charge in [-0.2, -0.15) is 0 Å². The Labute approximate surface area is 151 Å². The van der Waals surface area contributed by atoms with Crippen LogP contribution in [0, 0.1) is 0 Å². The lowest BCUT2D eigenvalue weighted by atomic mass is 10.0. The molecule has 0 bridgehead atoms. The van der Waals surface area contributed by atoms with Gasteiger partial charge < -0.3 is 0 Å². The molecule has 24 heavy (non-hydrogen) atoms. The Balaban J connectivity index is 1.80. The minimum atomic E-state index is -0.0920. The largest absolute Gasteiger partial charge is 0.289 e. The lowest BCUT2D eigenvalue weighted by Gasteiger charge is -2.03. The Morgan fingerprint density at radius 1 is 0.708 bits per heavy atom. The molecule has 0 aliphatic rings. The highest BCUT2D eigenvalue weighted by atomic mass is 35.5. The lowest BCUT2D eigenvalue weighted by molar-refractivity contribution is 0.104. The Morgan fingerprint density at radius 3 is 1.92 bits per heavy atom. The molecule has 0 N–H and O–H groups in total. The maximum Gasteiger partial charge on any atom is 0.185 e. The van der Waals surface area contributed by atoms with Gasteiger partial charge in [-0.1, -0.05) is 83.9 Å². The van der Waals surface area contributed by atoms with Crippen molar-refractivity contribution in [3.05, 3.63) is 100 Å². The van der Waals surface area contributed by atoms with Crippen LogP contribution in [0.25, 0.3) is 17.2 Å². The number of allylic oxidation sites excluding steroid dienone is 1. The van der Waals surface area contributed by atoms with E-state index in [-0.39, 0.29) is 5.78 Å². The van der Waals surface area contributed by atoms with E-state index in [9.17, 15) is 4.79 Å². The summed E-state index contributed by atoms with van der Waals surface area (Å²) in [7, 11) is 0. The standard InChI is InChI=1S/C21H14Cl2O/c22-19-7-4-8-20(23)18(19)13-14-21(24)17-11-9-16(10-12-17)15-5-2-1-3-6-15/h1-14H. The monoisotopic (exact) mass is 352 g/mol. The molecule has 118 valence electrons. The molecule has 3 heteroatoms. The summed E-state index contributed by atoms with van der Waals surface area (Å²) in [6, 6.07) is 22.8. The van der Waals surface area contributed by atoms with E-state index < -0.39 is 0 Å². The maximum absolute atomic E-state index is 12.3. The van der Waals surface area contributed by atoms with Crippen molar-refractivity contribution in [1.29, 1.82) is 0 Å². The van der Waals surface area contributed by atoms with Crippen molar-refractivity contribution < 1.29 is 4.79 Å². The van der Waals surface area contributed by atoms with Crippen LogP contribution in [-0.2, 0) is 0 Å². The maximum atomic E-state index is 12.3. The number of ketones is 1. The van der Waals surface area contributed by atoms with Crippen LogP contribution in [0.15, 0.2) is 78.9 Å². The third-order valence-electron chi connectivity index (χ3n) is 3.68. The minimum absolute atomic E-state index is 0.0920. The van der Waals surface area contributed by atoms with E-state index in [0.29, 0.717) is 21.2 Å². The number of rotatable bonds is 4. The smallest absolute Gasteiger partial charge is 0.185 e. The normalized spacial score (nSPS) is 10.9. The van der Waals surface area contributed by atoms with Crippen LogP contribution in [0.3, 0.4) is 0 Å².